The average molecular weight is 468 g/mol. The number of carbonyl (C=O) groups is 1. The van der Waals surface area contributed by atoms with Gasteiger partial charge < -0.3 is 10.1 Å². The van der Waals surface area contributed by atoms with Gasteiger partial charge in [-0.05, 0) is 77.3 Å². The van der Waals surface area contributed by atoms with E-state index >= 15 is 0 Å². The number of aromatic nitrogens is 1. The van der Waals surface area contributed by atoms with E-state index in [0.29, 0.717) is 12.2 Å². The fourth-order valence-corrected chi connectivity index (χ4v) is 3.35. The highest BCUT2D eigenvalue weighted by molar-refractivity contribution is 9.11. The van der Waals surface area contributed by atoms with Crippen molar-refractivity contribution >= 4 is 48.7 Å². The molecule has 6 heteroatoms. The summed E-state index contributed by atoms with van der Waals surface area (Å²) >= 11 is 6.94. The van der Waals surface area contributed by atoms with E-state index in [4.69, 9.17) is 4.74 Å². The van der Waals surface area contributed by atoms with E-state index in [1.807, 2.05) is 39.0 Å². The van der Waals surface area contributed by atoms with Crippen LogP contribution in [0.1, 0.15) is 34.1 Å². The predicted molar refractivity (Wildman–Crippen MR) is 108 cm³/mol. The Balaban J connectivity index is 2.24. The van der Waals surface area contributed by atoms with E-state index in [0.717, 1.165) is 19.8 Å². The lowest BCUT2D eigenvalue weighted by molar-refractivity contribution is -0.129. The third kappa shape index (κ3) is 5.20. The summed E-state index contributed by atoms with van der Waals surface area (Å²) < 4.78 is 7.65. The highest BCUT2D eigenvalue weighted by Crippen LogP contribution is 2.30. The van der Waals surface area contributed by atoms with Crippen LogP contribution in [-0.2, 0) is 4.79 Å². The Bertz CT molecular complexity index is 854. The number of hydrogen-bond acceptors (Lipinski definition) is 3. The van der Waals surface area contributed by atoms with E-state index in [2.05, 4.69) is 54.0 Å². The Hall–Kier alpha value is -1.58. The summed E-state index contributed by atoms with van der Waals surface area (Å²) in [5.74, 6) is 6.24. The maximum atomic E-state index is 12.5. The third-order valence-electron chi connectivity index (χ3n) is 3.49. The molecule has 1 atom stereocenters. The number of hydrogen-bond donors (Lipinski definition) is 1. The maximum Gasteiger partial charge on any atom is 0.262 e. The predicted octanol–water partition coefficient (Wildman–Crippen LogP) is 4.84. The Morgan fingerprint density at radius 2 is 2.08 bits per heavy atom. The monoisotopic (exact) mass is 466 g/mol. The summed E-state index contributed by atoms with van der Waals surface area (Å²) in [7, 11) is 0. The number of pyridine rings is 1. The highest BCUT2D eigenvalue weighted by atomic mass is 79.9. The lowest BCUT2D eigenvalue weighted by atomic mass is 10.1. The van der Waals surface area contributed by atoms with Crippen LogP contribution in [0, 0.1) is 11.8 Å². The number of amides is 1. The summed E-state index contributed by atoms with van der Waals surface area (Å²) in [6.07, 6.45) is 1.70. The molecule has 0 fully saturated rings. The van der Waals surface area contributed by atoms with Gasteiger partial charge in [-0.1, -0.05) is 12.8 Å². The van der Waals surface area contributed by atoms with Crippen molar-refractivity contribution in [2.24, 2.45) is 0 Å². The molecule has 25 heavy (non-hydrogen) atoms. The van der Waals surface area contributed by atoms with Gasteiger partial charge in [-0.2, -0.15) is 0 Å². The maximum absolute atomic E-state index is 12.5. The second-order valence-corrected chi connectivity index (χ2v) is 7.90. The van der Waals surface area contributed by atoms with Crippen LogP contribution in [0.3, 0.4) is 0 Å². The second-order valence-electron chi connectivity index (χ2n) is 6.13. The Kier molecular flexibility index (Phi) is 6.47. The van der Waals surface area contributed by atoms with Crippen LogP contribution >= 0.6 is 31.9 Å². The summed E-state index contributed by atoms with van der Waals surface area (Å²) in [4.78, 5) is 16.9. The second kappa shape index (κ2) is 8.20. The minimum absolute atomic E-state index is 0.182. The van der Waals surface area contributed by atoms with Crippen LogP contribution in [0.4, 0.5) is 0 Å². The van der Waals surface area contributed by atoms with Crippen LogP contribution in [0.15, 0.2) is 33.3 Å². The van der Waals surface area contributed by atoms with Gasteiger partial charge in [-0.15, -0.1) is 5.92 Å². The molecule has 0 aliphatic carbocycles. The minimum Gasteiger partial charge on any atom is -0.481 e. The number of fused-ring (bicyclic) bond motifs is 1. The van der Waals surface area contributed by atoms with Gasteiger partial charge in [0.15, 0.2) is 6.10 Å². The zero-order chi connectivity index (χ0) is 18.6. The number of benzene rings is 1. The zero-order valence-corrected chi connectivity index (χ0v) is 17.8. The standard InChI is InChI=1S/C19H20Br2N2O2/c1-5-7-19(3,4)23-18(24)16(6-2)25-14-9-12-8-13(20)11-22-17(12)15(21)10-14/h8-11,16H,6H2,1-4H3,(H,23,24). The van der Waals surface area contributed by atoms with Crippen LogP contribution in [-0.4, -0.2) is 22.5 Å². The number of rotatable bonds is 5. The number of nitrogens with one attached hydrogen (secondary N) is 1. The van der Waals surface area contributed by atoms with Crippen molar-refractivity contribution in [2.75, 3.05) is 0 Å². The van der Waals surface area contributed by atoms with Crippen molar-refractivity contribution in [2.45, 2.75) is 45.8 Å². The molecular formula is C19H20Br2N2O2. The lowest BCUT2D eigenvalue weighted by Crippen LogP contribution is -2.48. The lowest BCUT2D eigenvalue weighted by Gasteiger charge is -2.24. The summed E-state index contributed by atoms with van der Waals surface area (Å²) in [5.41, 5.74) is 0.244. The Morgan fingerprint density at radius 3 is 2.72 bits per heavy atom. The summed E-state index contributed by atoms with van der Waals surface area (Å²) in [6, 6.07) is 5.67. The van der Waals surface area contributed by atoms with E-state index in [9.17, 15) is 4.79 Å². The molecule has 0 spiro atoms. The molecule has 0 aliphatic heterocycles. The van der Waals surface area contributed by atoms with Gasteiger partial charge in [-0.3, -0.25) is 9.78 Å². The molecule has 0 radical (unpaired) electrons. The van der Waals surface area contributed by atoms with Crippen LogP contribution in [0.2, 0.25) is 0 Å². The molecule has 2 rings (SSSR count). The van der Waals surface area contributed by atoms with Gasteiger partial charge in [0.25, 0.3) is 5.91 Å². The molecule has 0 bridgehead atoms. The van der Waals surface area contributed by atoms with Crippen molar-refractivity contribution in [1.29, 1.82) is 0 Å². The normalized spacial score (nSPS) is 12.2. The SMILES string of the molecule is CC#CC(C)(C)NC(=O)C(CC)Oc1cc(Br)c2ncc(Br)cc2c1. The van der Waals surface area contributed by atoms with Crippen molar-refractivity contribution in [3.05, 3.63) is 33.3 Å². The first-order chi connectivity index (χ1) is 11.8. The molecule has 132 valence electrons. The molecule has 4 nitrogen and oxygen atoms in total. The molecule has 0 saturated heterocycles. The quantitative estimate of drug-likeness (QED) is 0.640. The smallest absolute Gasteiger partial charge is 0.262 e. The van der Waals surface area contributed by atoms with E-state index in [1.165, 1.54) is 0 Å². The van der Waals surface area contributed by atoms with Gasteiger partial charge in [0.2, 0.25) is 0 Å². The molecule has 0 aliphatic rings. The van der Waals surface area contributed by atoms with Crippen LogP contribution < -0.4 is 10.1 Å². The van der Waals surface area contributed by atoms with Gasteiger partial charge in [0.1, 0.15) is 5.75 Å². The van der Waals surface area contributed by atoms with Crippen molar-refractivity contribution in [3.8, 4) is 17.6 Å². The topological polar surface area (TPSA) is 51.2 Å². The number of nitrogens with zero attached hydrogens (tertiary/aromatic N) is 1. The molecule has 1 heterocycles. The molecule has 1 aromatic carbocycles. The fraction of sp³-hybridized carbons (Fsp3) is 0.368. The molecule has 0 saturated carbocycles. The first-order valence-corrected chi connectivity index (χ1v) is 9.51. The molecule has 1 N–H and O–H groups in total. The van der Waals surface area contributed by atoms with E-state index in [1.54, 1.807) is 13.1 Å². The number of carbonyl (C=O) groups excluding carboxylic acids is 1. The Labute approximate surface area is 165 Å². The Morgan fingerprint density at radius 1 is 1.36 bits per heavy atom. The first-order valence-electron chi connectivity index (χ1n) is 7.93. The van der Waals surface area contributed by atoms with Crippen molar-refractivity contribution < 1.29 is 9.53 Å². The van der Waals surface area contributed by atoms with Crippen LogP contribution in [0.5, 0.6) is 5.75 Å². The van der Waals surface area contributed by atoms with Gasteiger partial charge in [-0.25, -0.2) is 0 Å². The zero-order valence-electron chi connectivity index (χ0n) is 14.6. The molecule has 1 amide bonds. The molecule has 1 unspecified atom stereocenters. The van der Waals surface area contributed by atoms with Gasteiger partial charge in [0.05, 0.1) is 11.1 Å². The highest BCUT2D eigenvalue weighted by Gasteiger charge is 2.25. The largest absolute Gasteiger partial charge is 0.481 e. The molecular weight excluding hydrogens is 448 g/mol. The van der Waals surface area contributed by atoms with Gasteiger partial charge >= 0.3 is 0 Å². The number of halogens is 2. The third-order valence-corrected chi connectivity index (χ3v) is 4.53. The van der Waals surface area contributed by atoms with E-state index in [-0.39, 0.29) is 5.91 Å². The van der Waals surface area contributed by atoms with Crippen molar-refractivity contribution in [3.63, 3.8) is 0 Å². The summed E-state index contributed by atoms with van der Waals surface area (Å²) in [5, 5.41) is 3.84. The average Bonchev–Trinajstić information content (AvgIpc) is 2.51. The van der Waals surface area contributed by atoms with Crippen molar-refractivity contribution in [1.82, 2.24) is 10.3 Å². The van der Waals surface area contributed by atoms with Gasteiger partial charge in [0, 0.05) is 20.5 Å². The minimum atomic E-state index is -0.596. The van der Waals surface area contributed by atoms with Crippen LogP contribution in [0.25, 0.3) is 10.9 Å². The first kappa shape index (κ1) is 19.7. The van der Waals surface area contributed by atoms with E-state index < -0.39 is 11.6 Å². The number of ether oxygens (including phenoxy) is 1. The fourth-order valence-electron chi connectivity index (χ4n) is 2.44. The molecule has 1 aromatic heterocycles. The molecule has 2 aromatic rings. The summed E-state index contributed by atoms with van der Waals surface area (Å²) in [6.45, 7) is 7.39.